The number of methoxy groups -OCH3 is 1. The molecule has 0 radical (unpaired) electrons. The van der Waals surface area contributed by atoms with Gasteiger partial charge in [-0.05, 0) is 38.5 Å². The zero-order valence-corrected chi connectivity index (χ0v) is 16.1. The topological polar surface area (TPSA) is 112 Å². The maximum atomic E-state index is 12.5. The second kappa shape index (κ2) is 8.98. The van der Waals surface area contributed by atoms with Crippen LogP contribution in [0.2, 0.25) is 0 Å². The zero-order valence-electron chi connectivity index (χ0n) is 16.1. The maximum Gasteiger partial charge on any atom is 0.355 e. The Balaban J connectivity index is 2.16. The lowest BCUT2D eigenvalue weighted by molar-refractivity contribution is 0.0462. The molecule has 1 aromatic heterocycles. The largest absolute Gasteiger partial charge is 0.465 e. The molecule has 0 atom stereocenters. The van der Waals surface area contributed by atoms with E-state index in [0.29, 0.717) is 11.3 Å². The highest BCUT2D eigenvalue weighted by Gasteiger charge is 2.24. The molecule has 2 rings (SSSR count). The molecule has 28 heavy (non-hydrogen) atoms. The Kier molecular flexibility index (Phi) is 6.70. The second-order valence-electron chi connectivity index (χ2n) is 5.88. The summed E-state index contributed by atoms with van der Waals surface area (Å²) in [6.45, 7) is 4.59. The molecule has 1 N–H and O–H groups in total. The van der Waals surface area contributed by atoms with E-state index in [9.17, 15) is 19.2 Å². The van der Waals surface area contributed by atoms with Crippen molar-refractivity contribution >= 4 is 23.7 Å². The molecule has 0 aliphatic rings. The summed E-state index contributed by atoms with van der Waals surface area (Å²) in [6.07, 6.45) is 0. The third-order valence-electron chi connectivity index (χ3n) is 4.08. The molecule has 1 aromatic carbocycles. The van der Waals surface area contributed by atoms with Crippen LogP contribution in [-0.4, -0.2) is 49.0 Å². The summed E-state index contributed by atoms with van der Waals surface area (Å²) >= 11 is 0. The van der Waals surface area contributed by atoms with Crippen LogP contribution < -0.4 is 0 Å². The number of carbonyl (C=O) groups excluding carboxylic acids is 4. The summed E-state index contributed by atoms with van der Waals surface area (Å²) in [6, 6.07) is 5.98. The van der Waals surface area contributed by atoms with Gasteiger partial charge >= 0.3 is 17.9 Å². The van der Waals surface area contributed by atoms with Crippen molar-refractivity contribution in [1.82, 2.24) is 4.98 Å². The van der Waals surface area contributed by atoms with Crippen molar-refractivity contribution in [3.63, 3.8) is 0 Å². The molecule has 0 saturated carbocycles. The molecule has 0 bridgehead atoms. The average molecular weight is 387 g/mol. The zero-order chi connectivity index (χ0) is 20.8. The number of ether oxygens (including phenoxy) is 3. The number of aromatic nitrogens is 1. The maximum absolute atomic E-state index is 12.5. The van der Waals surface area contributed by atoms with Crippen molar-refractivity contribution in [2.45, 2.75) is 20.8 Å². The lowest BCUT2D eigenvalue weighted by Gasteiger charge is -2.08. The number of Topliss-reactive ketones (excluding diaryl/α,β-unsaturated/α-hetero) is 1. The van der Waals surface area contributed by atoms with Gasteiger partial charge in [0.25, 0.3) is 0 Å². The fraction of sp³-hybridized carbons (Fsp3) is 0.300. The highest BCUT2D eigenvalue weighted by atomic mass is 16.5. The number of H-pyrrole nitrogens is 1. The van der Waals surface area contributed by atoms with Gasteiger partial charge in [-0.25, -0.2) is 14.4 Å². The first-order valence-electron chi connectivity index (χ1n) is 8.55. The van der Waals surface area contributed by atoms with Crippen molar-refractivity contribution in [2.24, 2.45) is 0 Å². The number of benzene rings is 1. The predicted octanol–water partition coefficient (Wildman–Crippen LogP) is 2.63. The third-order valence-corrected chi connectivity index (χ3v) is 4.08. The van der Waals surface area contributed by atoms with Crippen LogP contribution in [0.5, 0.6) is 0 Å². The highest BCUT2D eigenvalue weighted by molar-refractivity contribution is 6.06. The minimum atomic E-state index is -0.828. The van der Waals surface area contributed by atoms with E-state index in [2.05, 4.69) is 9.72 Å². The molecule has 8 nitrogen and oxygen atoms in total. The van der Waals surface area contributed by atoms with Gasteiger partial charge in [-0.2, -0.15) is 0 Å². The summed E-state index contributed by atoms with van der Waals surface area (Å²) in [5.74, 6) is -2.56. The van der Waals surface area contributed by atoms with Gasteiger partial charge in [-0.3, -0.25) is 4.79 Å². The minimum Gasteiger partial charge on any atom is -0.465 e. The molecule has 0 fully saturated rings. The van der Waals surface area contributed by atoms with Crippen LogP contribution >= 0.6 is 0 Å². The molecule has 0 amide bonds. The number of esters is 3. The average Bonchev–Trinajstić information content (AvgIpc) is 2.99. The monoisotopic (exact) mass is 387 g/mol. The Morgan fingerprint density at radius 3 is 2.11 bits per heavy atom. The number of ketones is 1. The smallest absolute Gasteiger partial charge is 0.355 e. The van der Waals surface area contributed by atoms with E-state index in [1.165, 1.54) is 19.2 Å². The van der Waals surface area contributed by atoms with Gasteiger partial charge in [-0.15, -0.1) is 0 Å². The van der Waals surface area contributed by atoms with Crippen LogP contribution in [0.4, 0.5) is 0 Å². The van der Waals surface area contributed by atoms with Crippen molar-refractivity contribution in [2.75, 3.05) is 20.3 Å². The number of hydrogen-bond acceptors (Lipinski definition) is 7. The molecule has 0 unspecified atom stereocenters. The van der Waals surface area contributed by atoms with Crippen LogP contribution in [0, 0.1) is 13.8 Å². The summed E-state index contributed by atoms with van der Waals surface area (Å²) < 4.78 is 14.7. The quantitative estimate of drug-likeness (QED) is 0.441. The van der Waals surface area contributed by atoms with Gasteiger partial charge in [-0.1, -0.05) is 12.1 Å². The van der Waals surface area contributed by atoms with Crippen molar-refractivity contribution < 1.29 is 33.4 Å². The molecule has 0 aliphatic heterocycles. The van der Waals surface area contributed by atoms with Gasteiger partial charge < -0.3 is 19.2 Å². The van der Waals surface area contributed by atoms with Gasteiger partial charge in [0.1, 0.15) is 5.69 Å². The Labute approximate surface area is 161 Å². The van der Waals surface area contributed by atoms with Crippen molar-refractivity contribution in [3.8, 4) is 0 Å². The van der Waals surface area contributed by atoms with E-state index in [0.717, 1.165) is 0 Å². The summed E-state index contributed by atoms with van der Waals surface area (Å²) in [4.78, 5) is 51.4. The lowest BCUT2D eigenvalue weighted by atomic mass is 10.1. The molecular weight excluding hydrogens is 366 g/mol. The van der Waals surface area contributed by atoms with Crippen molar-refractivity contribution in [3.05, 3.63) is 57.9 Å². The van der Waals surface area contributed by atoms with E-state index in [4.69, 9.17) is 9.47 Å². The van der Waals surface area contributed by atoms with Gasteiger partial charge in [0.15, 0.2) is 6.61 Å². The normalized spacial score (nSPS) is 10.3. The van der Waals surface area contributed by atoms with Crippen LogP contribution in [0.1, 0.15) is 59.7 Å². The summed E-state index contributed by atoms with van der Waals surface area (Å²) in [7, 11) is 1.20. The van der Waals surface area contributed by atoms with Crippen LogP contribution in [0.25, 0.3) is 0 Å². The Morgan fingerprint density at radius 2 is 1.54 bits per heavy atom. The number of hydrogen-bond donors (Lipinski definition) is 1. The van der Waals surface area contributed by atoms with Gasteiger partial charge in [0.2, 0.25) is 5.78 Å². The molecule has 0 spiro atoms. The fourth-order valence-corrected chi connectivity index (χ4v) is 2.81. The van der Waals surface area contributed by atoms with E-state index in [1.54, 1.807) is 32.9 Å². The van der Waals surface area contributed by atoms with E-state index in [1.807, 2.05) is 0 Å². The molecule has 2 aromatic rings. The predicted molar refractivity (Wildman–Crippen MR) is 98.6 cm³/mol. The Morgan fingerprint density at radius 1 is 0.929 bits per heavy atom. The highest BCUT2D eigenvalue weighted by Crippen LogP contribution is 2.20. The van der Waals surface area contributed by atoms with Crippen molar-refractivity contribution in [1.29, 1.82) is 0 Å². The standard InChI is InChI=1S/C20H21NO7/c1-5-27-20(25)17-11(2)16(12(3)21-17)15(22)10-28-19(24)14-9-7-6-8-13(14)18(23)26-4/h6-9,21H,5,10H2,1-4H3. The molecule has 0 aliphatic carbocycles. The summed E-state index contributed by atoms with van der Waals surface area (Å²) in [5.41, 5.74) is 1.38. The number of carbonyl (C=O) groups is 4. The Hall–Kier alpha value is -3.42. The SMILES string of the molecule is CCOC(=O)c1[nH]c(C)c(C(=O)COC(=O)c2ccccc2C(=O)OC)c1C. The number of rotatable bonds is 7. The van der Waals surface area contributed by atoms with Crippen LogP contribution in [0.3, 0.4) is 0 Å². The lowest BCUT2D eigenvalue weighted by Crippen LogP contribution is -2.18. The molecule has 1 heterocycles. The third kappa shape index (κ3) is 4.28. The molecule has 0 saturated heterocycles. The van der Waals surface area contributed by atoms with Gasteiger partial charge in [0, 0.05) is 11.3 Å². The minimum absolute atomic E-state index is 0.00289. The number of aryl methyl sites for hydroxylation is 1. The fourth-order valence-electron chi connectivity index (χ4n) is 2.81. The van der Waals surface area contributed by atoms with E-state index < -0.39 is 30.3 Å². The first-order chi connectivity index (χ1) is 13.3. The Bertz CT molecular complexity index is 927. The first kappa shape index (κ1) is 20.9. The second-order valence-corrected chi connectivity index (χ2v) is 5.88. The number of nitrogens with one attached hydrogen (secondary N) is 1. The first-order valence-corrected chi connectivity index (χ1v) is 8.55. The molecule has 8 heteroatoms. The number of aromatic amines is 1. The summed E-state index contributed by atoms with van der Waals surface area (Å²) in [5, 5.41) is 0. The molecule has 148 valence electrons. The van der Waals surface area contributed by atoms with E-state index >= 15 is 0 Å². The molecular formula is C20H21NO7. The van der Waals surface area contributed by atoms with Crippen LogP contribution in [-0.2, 0) is 14.2 Å². The van der Waals surface area contributed by atoms with E-state index in [-0.39, 0.29) is 29.0 Å². The van der Waals surface area contributed by atoms with Gasteiger partial charge in [0.05, 0.1) is 24.8 Å². The van der Waals surface area contributed by atoms with Crippen LogP contribution in [0.15, 0.2) is 24.3 Å².